The molecule has 3 atom stereocenters. The first-order valence-corrected chi connectivity index (χ1v) is 5.79. The molecule has 2 heterocycles. The predicted octanol–water partition coefficient (Wildman–Crippen LogP) is 0.582. The third kappa shape index (κ3) is 2.27. The van der Waals surface area contributed by atoms with Crippen LogP contribution in [0.25, 0.3) is 0 Å². The Morgan fingerprint density at radius 2 is 1.93 bits per heavy atom. The number of nitrogens with zero attached hydrogens (tertiary/aromatic N) is 1. The summed E-state index contributed by atoms with van der Waals surface area (Å²) in [5, 5.41) is 13.0. The van der Waals surface area contributed by atoms with Crippen LogP contribution in [-0.2, 0) is 0 Å². The molecule has 3 heteroatoms. The Labute approximate surface area is 86.5 Å². The molecule has 14 heavy (non-hydrogen) atoms. The lowest BCUT2D eigenvalue weighted by Crippen LogP contribution is -2.48. The lowest BCUT2D eigenvalue weighted by atomic mass is 9.98. The van der Waals surface area contributed by atoms with E-state index in [4.69, 9.17) is 0 Å². The van der Waals surface area contributed by atoms with Gasteiger partial charge in [-0.15, -0.1) is 0 Å². The molecule has 0 aromatic carbocycles. The maximum absolute atomic E-state index is 9.34. The minimum Gasteiger partial charge on any atom is -0.392 e. The van der Waals surface area contributed by atoms with E-state index in [1.165, 1.54) is 25.7 Å². The van der Waals surface area contributed by atoms with Gasteiger partial charge < -0.3 is 15.3 Å². The third-order valence-electron chi connectivity index (χ3n) is 3.62. The molecule has 3 nitrogen and oxygen atoms in total. The van der Waals surface area contributed by atoms with Gasteiger partial charge in [-0.2, -0.15) is 0 Å². The summed E-state index contributed by atoms with van der Waals surface area (Å²) in [6, 6.07) is 2.17. The quantitative estimate of drug-likeness (QED) is 0.696. The van der Waals surface area contributed by atoms with E-state index in [1.54, 1.807) is 0 Å². The fourth-order valence-corrected chi connectivity index (χ4v) is 2.95. The number of aliphatic hydroxyl groups excluding tert-OH is 1. The first kappa shape index (κ1) is 10.4. The second-order valence-electron chi connectivity index (χ2n) is 5.05. The SMILES string of the molecule is C[C@@H](O)CN(C)C1CC2CCC(C1)N2. The van der Waals surface area contributed by atoms with Gasteiger partial charge in [0, 0.05) is 24.7 Å². The van der Waals surface area contributed by atoms with Crippen LogP contribution >= 0.6 is 0 Å². The predicted molar refractivity (Wildman–Crippen MR) is 57.3 cm³/mol. The van der Waals surface area contributed by atoms with Gasteiger partial charge >= 0.3 is 0 Å². The summed E-state index contributed by atoms with van der Waals surface area (Å²) in [7, 11) is 2.14. The molecule has 0 aromatic heterocycles. The molecule has 2 fully saturated rings. The van der Waals surface area contributed by atoms with Crippen molar-refractivity contribution in [1.29, 1.82) is 0 Å². The molecule has 0 saturated carbocycles. The van der Waals surface area contributed by atoms with Crippen molar-refractivity contribution in [2.75, 3.05) is 13.6 Å². The summed E-state index contributed by atoms with van der Waals surface area (Å²) in [5.41, 5.74) is 0. The fraction of sp³-hybridized carbons (Fsp3) is 1.00. The number of hydrogen-bond donors (Lipinski definition) is 2. The van der Waals surface area contributed by atoms with Crippen molar-refractivity contribution in [3.8, 4) is 0 Å². The van der Waals surface area contributed by atoms with Gasteiger partial charge in [-0.25, -0.2) is 0 Å². The zero-order valence-electron chi connectivity index (χ0n) is 9.24. The van der Waals surface area contributed by atoms with Gasteiger partial charge in [-0.05, 0) is 39.7 Å². The average Bonchev–Trinajstić information content (AvgIpc) is 2.44. The monoisotopic (exact) mass is 198 g/mol. The lowest BCUT2D eigenvalue weighted by Gasteiger charge is -2.36. The van der Waals surface area contributed by atoms with E-state index in [0.29, 0.717) is 6.04 Å². The Balaban J connectivity index is 1.86. The molecule has 2 N–H and O–H groups in total. The van der Waals surface area contributed by atoms with Crippen molar-refractivity contribution in [3.05, 3.63) is 0 Å². The molecule has 2 saturated heterocycles. The van der Waals surface area contributed by atoms with E-state index in [0.717, 1.165) is 18.6 Å². The van der Waals surface area contributed by atoms with Crippen LogP contribution in [0.2, 0.25) is 0 Å². The largest absolute Gasteiger partial charge is 0.392 e. The van der Waals surface area contributed by atoms with Crippen LogP contribution in [0.4, 0.5) is 0 Å². The summed E-state index contributed by atoms with van der Waals surface area (Å²) < 4.78 is 0. The van der Waals surface area contributed by atoms with Crippen LogP contribution in [-0.4, -0.2) is 47.8 Å². The summed E-state index contributed by atoms with van der Waals surface area (Å²) >= 11 is 0. The molecular weight excluding hydrogens is 176 g/mol. The minimum atomic E-state index is -0.201. The Bertz CT molecular complexity index is 184. The molecule has 0 aliphatic carbocycles. The van der Waals surface area contributed by atoms with E-state index in [-0.39, 0.29) is 6.10 Å². The molecule has 2 rings (SSSR count). The normalized spacial score (nSPS) is 39.0. The topological polar surface area (TPSA) is 35.5 Å². The highest BCUT2D eigenvalue weighted by Gasteiger charge is 2.34. The summed E-state index contributed by atoms with van der Waals surface area (Å²) in [6.45, 7) is 2.68. The second kappa shape index (κ2) is 4.17. The number of likely N-dealkylation sites (N-methyl/N-ethyl adjacent to an activating group) is 1. The van der Waals surface area contributed by atoms with E-state index in [1.807, 2.05) is 6.92 Å². The van der Waals surface area contributed by atoms with E-state index in [9.17, 15) is 5.11 Å². The van der Waals surface area contributed by atoms with E-state index >= 15 is 0 Å². The zero-order valence-corrected chi connectivity index (χ0v) is 9.24. The van der Waals surface area contributed by atoms with E-state index < -0.39 is 0 Å². The number of nitrogens with one attached hydrogen (secondary N) is 1. The highest BCUT2D eigenvalue weighted by molar-refractivity contribution is 4.95. The Kier molecular flexibility index (Phi) is 3.10. The Hall–Kier alpha value is -0.120. The number of aliphatic hydroxyl groups is 1. The molecule has 0 amide bonds. The van der Waals surface area contributed by atoms with E-state index in [2.05, 4.69) is 17.3 Å². The van der Waals surface area contributed by atoms with Gasteiger partial charge in [-0.1, -0.05) is 0 Å². The lowest BCUT2D eigenvalue weighted by molar-refractivity contribution is 0.0963. The van der Waals surface area contributed by atoms with Crippen LogP contribution in [0.3, 0.4) is 0 Å². The maximum atomic E-state index is 9.34. The highest BCUT2D eigenvalue weighted by atomic mass is 16.3. The van der Waals surface area contributed by atoms with Crippen molar-refractivity contribution in [1.82, 2.24) is 10.2 Å². The smallest absolute Gasteiger partial charge is 0.0639 e. The van der Waals surface area contributed by atoms with Crippen molar-refractivity contribution in [2.45, 2.75) is 56.8 Å². The third-order valence-corrected chi connectivity index (χ3v) is 3.62. The van der Waals surface area contributed by atoms with Crippen LogP contribution in [0.1, 0.15) is 32.6 Å². The van der Waals surface area contributed by atoms with Gasteiger partial charge in [0.15, 0.2) is 0 Å². The Morgan fingerprint density at radius 3 is 2.43 bits per heavy atom. The van der Waals surface area contributed by atoms with Gasteiger partial charge in [0.2, 0.25) is 0 Å². The van der Waals surface area contributed by atoms with Gasteiger partial charge in [0.25, 0.3) is 0 Å². The van der Waals surface area contributed by atoms with Gasteiger partial charge in [0.05, 0.1) is 6.10 Å². The number of hydrogen-bond acceptors (Lipinski definition) is 3. The summed E-state index contributed by atoms with van der Waals surface area (Å²) in [6.07, 6.45) is 5.03. The molecule has 2 bridgehead atoms. The molecular formula is C11H22N2O. The molecule has 82 valence electrons. The summed E-state index contributed by atoms with van der Waals surface area (Å²) in [5.74, 6) is 0. The summed E-state index contributed by atoms with van der Waals surface area (Å²) in [4.78, 5) is 2.33. The first-order valence-electron chi connectivity index (χ1n) is 5.79. The highest BCUT2D eigenvalue weighted by Crippen LogP contribution is 2.29. The molecule has 0 spiro atoms. The fourth-order valence-electron chi connectivity index (χ4n) is 2.95. The molecule has 0 aromatic rings. The standard InChI is InChI=1S/C11H22N2O/c1-8(14)7-13(2)11-5-9-3-4-10(6-11)12-9/h8-12,14H,3-7H2,1-2H3/t8-,9?,10?,11?/m1/s1. The first-order chi connectivity index (χ1) is 6.65. The average molecular weight is 198 g/mol. The molecule has 2 aliphatic heterocycles. The Morgan fingerprint density at radius 1 is 1.36 bits per heavy atom. The number of fused-ring (bicyclic) bond motifs is 2. The van der Waals surface area contributed by atoms with Crippen LogP contribution in [0, 0.1) is 0 Å². The van der Waals surface area contributed by atoms with Crippen molar-refractivity contribution in [3.63, 3.8) is 0 Å². The van der Waals surface area contributed by atoms with Gasteiger partial charge in [0.1, 0.15) is 0 Å². The minimum absolute atomic E-state index is 0.201. The molecule has 2 aliphatic rings. The number of rotatable bonds is 3. The zero-order chi connectivity index (χ0) is 10.1. The molecule has 2 unspecified atom stereocenters. The molecule has 0 radical (unpaired) electrons. The van der Waals surface area contributed by atoms with Crippen LogP contribution in [0.15, 0.2) is 0 Å². The second-order valence-corrected chi connectivity index (χ2v) is 5.05. The van der Waals surface area contributed by atoms with Crippen LogP contribution in [0.5, 0.6) is 0 Å². The van der Waals surface area contributed by atoms with Crippen LogP contribution < -0.4 is 5.32 Å². The van der Waals surface area contributed by atoms with Crippen molar-refractivity contribution in [2.24, 2.45) is 0 Å². The van der Waals surface area contributed by atoms with Crippen molar-refractivity contribution < 1.29 is 5.11 Å². The van der Waals surface area contributed by atoms with Crippen molar-refractivity contribution >= 4 is 0 Å². The van der Waals surface area contributed by atoms with Gasteiger partial charge in [-0.3, -0.25) is 0 Å². The maximum Gasteiger partial charge on any atom is 0.0639 e. The number of piperidine rings is 1.